The van der Waals surface area contributed by atoms with Crippen molar-refractivity contribution in [3.05, 3.63) is 120 Å². The van der Waals surface area contributed by atoms with Crippen molar-refractivity contribution in [2.75, 3.05) is 13.4 Å². The average molecular weight is 569 g/mol. The number of esters is 1. The number of ether oxygens (including phenoxy) is 4. The average Bonchev–Trinajstić information content (AvgIpc) is 3.56. The van der Waals surface area contributed by atoms with E-state index in [4.69, 9.17) is 18.9 Å². The summed E-state index contributed by atoms with van der Waals surface area (Å²) < 4.78 is 24.2. The summed E-state index contributed by atoms with van der Waals surface area (Å²) in [5.41, 5.74) is 4.44. The van der Waals surface area contributed by atoms with Crippen LogP contribution in [-0.4, -0.2) is 23.9 Å². The van der Waals surface area contributed by atoms with E-state index in [-0.39, 0.29) is 19.0 Å². The van der Waals surface area contributed by atoms with Crippen LogP contribution in [0.2, 0.25) is 0 Å². The molecule has 208 valence electrons. The molecule has 1 atom stereocenters. The monoisotopic (exact) mass is 568 g/mol. The lowest BCUT2D eigenvalue weighted by Crippen LogP contribution is -2.39. The van der Waals surface area contributed by atoms with Crippen molar-refractivity contribution in [1.29, 1.82) is 0 Å². The molecule has 8 nitrogen and oxygen atoms in total. The zero-order valence-electron chi connectivity index (χ0n) is 22.9. The number of fused-ring (bicyclic) bond motifs is 2. The van der Waals surface area contributed by atoms with Crippen molar-refractivity contribution < 1.29 is 23.7 Å². The van der Waals surface area contributed by atoms with Gasteiger partial charge >= 0.3 is 5.97 Å². The number of aromatic nitrogens is 1. The SMILES string of the molecule is CCOC(=O)C1=C(C)N=c2s/c(=C/c3ccc(OCc4ccc5c(c4)OCO5)cc3)c(=O)n2[C@H]1c1ccc(C)cc1. The lowest BCUT2D eigenvalue weighted by Gasteiger charge is -2.24. The molecule has 0 radical (unpaired) electrons. The van der Waals surface area contributed by atoms with Gasteiger partial charge in [-0.25, -0.2) is 9.79 Å². The quantitative estimate of drug-likeness (QED) is 0.307. The molecule has 1 aromatic heterocycles. The summed E-state index contributed by atoms with van der Waals surface area (Å²) in [6.07, 6.45) is 1.83. The molecule has 0 unspecified atom stereocenters. The molecule has 0 aliphatic carbocycles. The van der Waals surface area contributed by atoms with Crippen LogP contribution in [0.3, 0.4) is 0 Å². The maximum atomic E-state index is 13.8. The van der Waals surface area contributed by atoms with E-state index in [1.807, 2.05) is 79.7 Å². The summed E-state index contributed by atoms with van der Waals surface area (Å²) in [5.74, 6) is 1.69. The van der Waals surface area contributed by atoms with Crippen molar-refractivity contribution in [2.24, 2.45) is 4.99 Å². The molecular formula is C32H28N2O6S. The first-order chi connectivity index (χ1) is 19.9. The van der Waals surface area contributed by atoms with E-state index in [0.29, 0.717) is 33.0 Å². The minimum Gasteiger partial charge on any atom is -0.489 e. The fourth-order valence-electron chi connectivity index (χ4n) is 4.86. The van der Waals surface area contributed by atoms with Gasteiger partial charge in [0.1, 0.15) is 12.4 Å². The molecule has 4 aromatic rings. The number of hydrogen-bond donors (Lipinski definition) is 0. The molecule has 0 N–H and O–H groups in total. The zero-order valence-corrected chi connectivity index (χ0v) is 23.7. The predicted molar refractivity (Wildman–Crippen MR) is 155 cm³/mol. The number of benzene rings is 3. The fraction of sp³-hybridized carbons (Fsp3) is 0.219. The van der Waals surface area contributed by atoms with Crippen molar-refractivity contribution in [1.82, 2.24) is 4.57 Å². The zero-order chi connectivity index (χ0) is 28.5. The number of hydrogen-bond acceptors (Lipinski definition) is 8. The fourth-order valence-corrected chi connectivity index (χ4v) is 5.91. The Morgan fingerprint density at radius 3 is 2.56 bits per heavy atom. The van der Waals surface area contributed by atoms with Crippen LogP contribution in [0.1, 0.15) is 42.1 Å². The molecule has 41 heavy (non-hydrogen) atoms. The Morgan fingerprint density at radius 1 is 1.05 bits per heavy atom. The highest BCUT2D eigenvalue weighted by Crippen LogP contribution is 2.33. The first-order valence-electron chi connectivity index (χ1n) is 13.3. The summed E-state index contributed by atoms with van der Waals surface area (Å²) in [6.45, 7) is 6.39. The van der Waals surface area contributed by atoms with Gasteiger partial charge in [0.15, 0.2) is 16.3 Å². The second-order valence-corrected chi connectivity index (χ2v) is 10.8. The highest BCUT2D eigenvalue weighted by Gasteiger charge is 2.33. The maximum Gasteiger partial charge on any atom is 0.338 e. The largest absolute Gasteiger partial charge is 0.489 e. The summed E-state index contributed by atoms with van der Waals surface area (Å²) in [5, 5.41) is 0. The first-order valence-corrected chi connectivity index (χ1v) is 14.1. The van der Waals surface area contributed by atoms with Crippen LogP contribution in [0.25, 0.3) is 6.08 Å². The van der Waals surface area contributed by atoms with E-state index in [1.165, 1.54) is 11.3 Å². The highest BCUT2D eigenvalue weighted by molar-refractivity contribution is 7.07. The van der Waals surface area contributed by atoms with Gasteiger partial charge < -0.3 is 18.9 Å². The smallest absolute Gasteiger partial charge is 0.338 e. The summed E-state index contributed by atoms with van der Waals surface area (Å²) in [7, 11) is 0. The molecular weight excluding hydrogens is 540 g/mol. The molecule has 6 rings (SSSR count). The number of carbonyl (C=O) groups is 1. The van der Waals surface area contributed by atoms with Gasteiger partial charge in [-0.2, -0.15) is 0 Å². The van der Waals surface area contributed by atoms with E-state index < -0.39 is 12.0 Å². The van der Waals surface area contributed by atoms with Crippen molar-refractivity contribution in [2.45, 2.75) is 33.4 Å². The Labute approximate surface area is 240 Å². The van der Waals surface area contributed by atoms with E-state index in [0.717, 1.165) is 33.8 Å². The van der Waals surface area contributed by atoms with Crippen LogP contribution in [0.15, 0.2) is 87.8 Å². The topological polar surface area (TPSA) is 88.4 Å². The van der Waals surface area contributed by atoms with Crippen LogP contribution in [0.5, 0.6) is 17.2 Å². The Morgan fingerprint density at radius 2 is 1.80 bits per heavy atom. The molecule has 0 saturated carbocycles. The van der Waals surface area contributed by atoms with Gasteiger partial charge in [0.05, 0.1) is 28.5 Å². The molecule has 0 spiro atoms. The lowest BCUT2D eigenvalue weighted by atomic mass is 9.95. The van der Waals surface area contributed by atoms with Crippen LogP contribution >= 0.6 is 11.3 Å². The molecule has 0 amide bonds. The molecule has 2 aliphatic rings. The van der Waals surface area contributed by atoms with E-state index in [1.54, 1.807) is 18.4 Å². The molecule has 0 saturated heterocycles. The van der Waals surface area contributed by atoms with Gasteiger partial charge in [-0.3, -0.25) is 9.36 Å². The minimum atomic E-state index is -0.625. The van der Waals surface area contributed by atoms with Crippen molar-refractivity contribution >= 4 is 23.4 Å². The normalized spacial score (nSPS) is 15.9. The second kappa shape index (κ2) is 11.1. The Balaban J connectivity index is 1.29. The van der Waals surface area contributed by atoms with Crippen LogP contribution < -0.4 is 29.1 Å². The number of nitrogens with zero attached hydrogens (tertiary/aromatic N) is 2. The van der Waals surface area contributed by atoms with E-state index in [9.17, 15) is 9.59 Å². The van der Waals surface area contributed by atoms with Crippen LogP contribution in [0.4, 0.5) is 0 Å². The molecule has 2 aliphatic heterocycles. The van der Waals surface area contributed by atoms with Gasteiger partial charge in [-0.1, -0.05) is 59.4 Å². The van der Waals surface area contributed by atoms with Crippen molar-refractivity contribution in [3.63, 3.8) is 0 Å². The first kappa shape index (κ1) is 26.6. The number of allylic oxidation sites excluding steroid dienone is 1. The highest BCUT2D eigenvalue weighted by atomic mass is 32.1. The van der Waals surface area contributed by atoms with Crippen LogP contribution in [0, 0.1) is 6.92 Å². The maximum absolute atomic E-state index is 13.8. The number of aryl methyl sites for hydroxylation is 1. The lowest BCUT2D eigenvalue weighted by molar-refractivity contribution is -0.139. The Kier molecular flexibility index (Phi) is 7.19. The van der Waals surface area contributed by atoms with Gasteiger partial charge in [-0.05, 0) is 67.8 Å². The van der Waals surface area contributed by atoms with Gasteiger partial charge in [0, 0.05) is 0 Å². The van der Waals surface area contributed by atoms with E-state index in [2.05, 4.69) is 4.99 Å². The minimum absolute atomic E-state index is 0.211. The van der Waals surface area contributed by atoms with Crippen LogP contribution in [-0.2, 0) is 16.1 Å². The predicted octanol–water partition coefficient (Wildman–Crippen LogP) is 4.41. The third-order valence-corrected chi connectivity index (χ3v) is 7.91. The molecule has 0 bridgehead atoms. The summed E-state index contributed by atoms with van der Waals surface area (Å²) in [4.78, 5) is 32.0. The van der Waals surface area contributed by atoms with Gasteiger partial charge in [0.2, 0.25) is 6.79 Å². The summed E-state index contributed by atoms with van der Waals surface area (Å²) >= 11 is 1.30. The molecule has 3 aromatic carbocycles. The number of carbonyl (C=O) groups excluding carboxylic acids is 1. The molecule has 9 heteroatoms. The third-order valence-electron chi connectivity index (χ3n) is 6.93. The van der Waals surface area contributed by atoms with Gasteiger partial charge in [0.25, 0.3) is 5.56 Å². The van der Waals surface area contributed by atoms with Gasteiger partial charge in [-0.15, -0.1) is 0 Å². The molecule has 3 heterocycles. The Hall–Kier alpha value is -4.63. The summed E-state index contributed by atoms with van der Waals surface area (Å²) in [6, 6.07) is 20.5. The standard InChI is InChI=1S/C32H28N2O6S/c1-4-37-31(36)28-20(3)33-32-34(29(28)23-10-5-19(2)6-11-23)30(35)27(41-32)16-21-7-12-24(13-8-21)38-17-22-9-14-25-26(15-22)40-18-39-25/h5-16,29H,4,17-18H2,1-3H3/b27-16+/t29-/m0/s1. The Bertz CT molecular complexity index is 1830. The third kappa shape index (κ3) is 5.28. The number of thiazole rings is 1. The molecule has 0 fully saturated rings. The van der Waals surface area contributed by atoms with E-state index >= 15 is 0 Å². The second-order valence-electron chi connectivity index (χ2n) is 9.76. The number of rotatable bonds is 7. The van der Waals surface area contributed by atoms with Crippen molar-refractivity contribution in [3.8, 4) is 17.2 Å².